The lowest BCUT2D eigenvalue weighted by Gasteiger charge is -2.35. The molecular formula is C26H27F3N4O2S2. The van der Waals surface area contributed by atoms with Gasteiger partial charge in [0.1, 0.15) is 23.5 Å². The molecule has 1 fully saturated rings. The number of halogens is 3. The molecule has 1 saturated heterocycles. The largest absolute Gasteiger partial charge is 0.491 e. The first kappa shape index (κ1) is 26.1. The Labute approximate surface area is 221 Å². The summed E-state index contributed by atoms with van der Waals surface area (Å²) < 4.78 is 45.3. The number of aryl methyl sites for hydroxylation is 1. The molecule has 5 rings (SSSR count). The lowest BCUT2D eigenvalue weighted by molar-refractivity contribution is -0.137. The van der Waals surface area contributed by atoms with Crippen molar-refractivity contribution in [1.29, 1.82) is 0 Å². The first-order chi connectivity index (χ1) is 17.7. The molecule has 0 radical (unpaired) electrons. The Kier molecular flexibility index (Phi) is 7.77. The molecule has 37 heavy (non-hydrogen) atoms. The van der Waals surface area contributed by atoms with E-state index in [2.05, 4.69) is 19.8 Å². The third kappa shape index (κ3) is 6.66. The first-order valence-electron chi connectivity index (χ1n) is 12.0. The first-order valence-corrected chi connectivity index (χ1v) is 13.7. The summed E-state index contributed by atoms with van der Waals surface area (Å²) in [6.45, 7) is 6.79. The van der Waals surface area contributed by atoms with E-state index in [9.17, 15) is 18.3 Å². The number of ether oxygens (including phenoxy) is 1. The van der Waals surface area contributed by atoms with Gasteiger partial charge in [0.2, 0.25) is 0 Å². The molecule has 0 saturated carbocycles. The number of aliphatic hydroxyl groups excluding tert-OH is 1. The number of nitrogens with zero attached hydrogens (tertiary/aromatic N) is 4. The minimum atomic E-state index is -4.34. The normalized spacial score (nSPS) is 16.4. The average Bonchev–Trinajstić information content (AvgIpc) is 3.49. The van der Waals surface area contributed by atoms with E-state index in [0.717, 1.165) is 64.2 Å². The highest BCUT2D eigenvalue weighted by Crippen LogP contribution is 2.32. The smallest absolute Gasteiger partial charge is 0.416 e. The molecule has 0 aliphatic carbocycles. The van der Waals surface area contributed by atoms with Gasteiger partial charge in [-0.1, -0.05) is 12.1 Å². The van der Waals surface area contributed by atoms with Crippen LogP contribution in [0.15, 0.2) is 47.8 Å². The quantitative estimate of drug-likeness (QED) is 0.322. The summed E-state index contributed by atoms with van der Waals surface area (Å²) in [6.07, 6.45) is -4.93. The summed E-state index contributed by atoms with van der Waals surface area (Å²) in [5, 5.41) is 14.2. The number of hydrogen-bond donors (Lipinski definition) is 1. The monoisotopic (exact) mass is 548 g/mol. The van der Waals surface area contributed by atoms with Crippen molar-refractivity contribution in [2.45, 2.75) is 25.7 Å². The van der Waals surface area contributed by atoms with Crippen LogP contribution in [0.1, 0.15) is 16.3 Å². The summed E-state index contributed by atoms with van der Waals surface area (Å²) in [7, 11) is 0. The molecule has 1 aliphatic rings. The second-order valence-electron chi connectivity index (χ2n) is 9.12. The van der Waals surface area contributed by atoms with E-state index in [4.69, 9.17) is 4.74 Å². The molecule has 1 aliphatic heterocycles. The van der Waals surface area contributed by atoms with Crippen LogP contribution in [0.5, 0.6) is 5.75 Å². The average molecular weight is 549 g/mol. The van der Waals surface area contributed by atoms with Gasteiger partial charge >= 0.3 is 6.18 Å². The van der Waals surface area contributed by atoms with Gasteiger partial charge in [-0.15, -0.1) is 22.7 Å². The maximum absolute atomic E-state index is 12.8. The number of thiazole rings is 2. The Morgan fingerprint density at radius 3 is 2.49 bits per heavy atom. The van der Waals surface area contributed by atoms with Crippen LogP contribution < -0.4 is 4.74 Å². The molecule has 2 aromatic heterocycles. The second kappa shape index (κ2) is 11.0. The number of rotatable bonds is 8. The molecule has 6 nitrogen and oxygen atoms in total. The molecule has 0 unspecified atom stereocenters. The van der Waals surface area contributed by atoms with Gasteiger partial charge in [-0.25, -0.2) is 9.97 Å². The summed E-state index contributed by atoms with van der Waals surface area (Å²) >= 11 is 3.09. The van der Waals surface area contributed by atoms with Gasteiger partial charge < -0.3 is 9.84 Å². The van der Waals surface area contributed by atoms with E-state index < -0.39 is 17.8 Å². The minimum absolute atomic E-state index is 0.223. The maximum atomic E-state index is 12.8. The fraction of sp³-hybridized carbons (Fsp3) is 0.385. The Balaban J connectivity index is 1.06. The molecule has 4 aromatic rings. The van der Waals surface area contributed by atoms with Crippen LogP contribution in [-0.2, 0) is 12.7 Å². The summed E-state index contributed by atoms with van der Waals surface area (Å²) in [4.78, 5) is 13.6. The van der Waals surface area contributed by atoms with Gasteiger partial charge in [-0.3, -0.25) is 9.80 Å². The van der Waals surface area contributed by atoms with E-state index in [1.807, 2.05) is 30.5 Å². The van der Waals surface area contributed by atoms with E-state index in [1.165, 1.54) is 23.5 Å². The van der Waals surface area contributed by atoms with Crippen molar-refractivity contribution in [2.75, 3.05) is 39.3 Å². The standard InChI is InChI=1S/C26H27F3N4O2S2/c1-17-30-23-12-22(6-7-24(23)37-17)35-15-21(34)14-33-10-8-32(9-11-33)13-20-16-36-25(31-20)18-2-4-19(5-3-18)26(27,28)29/h2-7,12,16,21,34H,8-11,13-15H2,1H3/t21-/m1/s1. The summed E-state index contributed by atoms with van der Waals surface area (Å²) in [5.41, 5.74) is 1.85. The van der Waals surface area contributed by atoms with Crippen LogP contribution in [0.25, 0.3) is 20.8 Å². The van der Waals surface area contributed by atoms with Gasteiger partial charge in [0, 0.05) is 56.3 Å². The van der Waals surface area contributed by atoms with Crippen LogP contribution in [0, 0.1) is 6.92 Å². The number of fused-ring (bicyclic) bond motifs is 1. The third-order valence-corrected chi connectivity index (χ3v) is 8.13. The Morgan fingerprint density at radius 1 is 1.03 bits per heavy atom. The van der Waals surface area contributed by atoms with E-state index in [0.29, 0.717) is 24.4 Å². The number of piperazine rings is 1. The summed E-state index contributed by atoms with van der Waals surface area (Å²) in [6, 6.07) is 10.9. The van der Waals surface area contributed by atoms with Gasteiger partial charge in [-0.2, -0.15) is 13.2 Å². The highest BCUT2D eigenvalue weighted by Gasteiger charge is 2.30. The Morgan fingerprint density at radius 2 is 1.76 bits per heavy atom. The van der Waals surface area contributed by atoms with Crippen molar-refractivity contribution in [3.8, 4) is 16.3 Å². The maximum Gasteiger partial charge on any atom is 0.416 e. The number of benzene rings is 2. The zero-order chi connectivity index (χ0) is 26.0. The fourth-order valence-corrected chi connectivity index (χ4v) is 5.95. The van der Waals surface area contributed by atoms with Crippen LogP contribution >= 0.6 is 22.7 Å². The number of β-amino-alcohol motifs (C(OH)–C–C–N with tert-alkyl or cyclic N) is 1. The number of aliphatic hydroxyl groups is 1. The van der Waals surface area contributed by atoms with Crippen molar-refractivity contribution in [2.24, 2.45) is 0 Å². The van der Waals surface area contributed by atoms with E-state index in [-0.39, 0.29) is 6.61 Å². The van der Waals surface area contributed by atoms with Crippen LogP contribution in [0.3, 0.4) is 0 Å². The number of hydrogen-bond acceptors (Lipinski definition) is 8. The zero-order valence-electron chi connectivity index (χ0n) is 20.2. The van der Waals surface area contributed by atoms with Gasteiger partial charge in [0.25, 0.3) is 0 Å². The Hall–Kier alpha value is -2.57. The molecule has 2 aromatic carbocycles. The van der Waals surface area contributed by atoms with Gasteiger partial charge in [0.15, 0.2) is 0 Å². The predicted octanol–water partition coefficient (Wildman–Crippen LogP) is 5.30. The van der Waals surface area contributed by atoms with Crippen molar-refractivity contribution in [3.63, 3.8) is 0 Å². The Bertz CT molecular complexity index is 1330. The van der Waals surface area contributed by atoms with Crippen molar-refractivity contribution >= 4 is 32.9 Å². The summed E-state index contributed by atoms with van der Waals surface area (Å²) in [5.74, 6) is 0.709. The molecule has 3 heterocycles. The lowest BCUT2D eigenvalue weighted by Crippen LogP contribution is -2.48. The van der Waals surface area contributed by atoms with E-state index in [1.54, 1.807) is 11.3 Å². The van der Waals surface area contributed by atoms with Gasteiger partial charge in [0.05, 0.1) is 26.5 Å². The SMILES string of the molecule is Cc1nc2cc(OC[C@H](O)CN3CCN(Cc4csc(-c5ccc(C(F)(F)F)cc5)n4)CC3)ccc2s1. The van der Waals surface area contributed by atoms with E-state index >= 15 is 0 Å². The molecular weight excluding hydrogens is 521 g/mol. The highest BCUT2D eigenvalue weighted by atomic mass is 32.1. The molecule has 0 amide bonds. The third-order valence-electron chi connectivity index (χ3n) is 6.24. The minimum Gasteiger partial charge on any atom is -0.491 e. The number of alkyl halides is 3. The van der Waals surface area contributed by atoms with Crippen LogP contribution in [0.2, 0.25) is 0 Å². The lowest BCUT2D eigenvalue weighted by atomic mass is 10.1. The molecule has 196 valence electrons. The van der Waals surface area contributed by atoms with Crippen molar-refractivity contribution < 1.29 is 23.0 Å². The molecule has 1 atom stereocenters. The highest BCUT2D eigenvalue weighted by molar-refractivity contribution is 7.18. The van der Waals surface area contributed by atoms with Crippen molar-refractivity contribution in [1.82, 2.24) is 19.8 Å². The molecule has 0 bridgehead atoms. The van der Waals surface area contributed by atoms with Crippen LogP contribution in [-0.4, -0.2) is 70.3 Å². The topological polar surface area (TPSA) is 61.7 Å². The van der Waals surface area contributed by atoms with Crippen molar-refractivity contribution in [3.05, 3.63) is 64.1 Å². The molecule has 11 heteroatoms. The fourth-order valence-electron chi connectivity index (χ4n) is 4.33. The molecule has 0 spiro atoms. The molecule has 1 N–H and O–H groups in total. The zero-order valence-corrected chi connectivity index (χ0v) is 21.9. The second-order valence-corrected chi connectivity index (χ2v) is 11.2. The predicted molar refractivity (Wildman–Crippen MR) is 140 cm³/mol. The van der Waals surface area contributed by atoms with Gasteiger partial charge in [-0.05, 0) is 31.2 Å². The number of aromatic nitrogens is 2. The van der Waals surface area contributed by atoms with Crippen LogP contribution in [0.4, 0.5) is 13.2 Å².